The second-order valence-electron chi connectivity index (χ2n) is 4.15. The lowest BCUT2D eigenvalue weighted by atomic mass is 10.1. The second-order valence-corrected chi connectivity index (χ2v) is 8.00. The van der Waals surface area contributed by atoms with Gasteiger partial charge in [-0.2, -0.15) is 0 Å². The fourth-order valence-electron chi connectivity index (χ4n) is 1.97. The fourth-order valence-corrected chi connectivity index (χ4v) is 4.19. The van der Waals surface area contributed by atoms with Crippen LogP contribution in [0.25, 0.3) is 0 Å². The van der Waals surface area contributed by atoms with Crippen LogP contribution in [0, 0.1) is 5.82 Å². The van der Waals surface area contributed by atoms with E-state index >= 15 is 0 Å². The first-order valence-corrected chi connectivity index (χ1v) is 8.23. The summed E-state index contributed by atoms with van der Waals surface area (Å²) >= 11 is 0. The van der Waals surface area contributed by atoms with E-state index in [1.54, 1.807) is 14.2 Å². The predicted molar refractivity (Wildman–Crippen MR) is 69.8 cm³/mol. The molecule has 0 aromatic heterocycles. The van der Waals surface area contributed by atoms with E-state index in [9.17, 15) is 4.39 Å². The first kappa shape index (κ1) is 14.3. The van der Waals surface area contributed by atoms with Crippen molar-refractivity contribution in [3.8, 4) is 0 Å². The van der Waals surface area contributed by atoms with Crippen molar-refractivity contribution in [2.75, 3.05) is 14.2 Å². The maximum atomic E-state index is 12.7. The van der Waals surface area contributed by atoms with E-state index in [-0.39, 0.29) is 5.82 Å². The molecule has 1 aromatic carbocycles. The molecule has 0 saturated heterocycles. The van der Waals surface area contributed by atoms with Crippen LogP contribution in [-0.2, 0) is 15.3 Å². The quantitative estimate of drug-likeness (QED) is 0.695. The summed E-state index contributed by atoms with van der Waals surface area (Å²) in [4.78, 5) is 0. The molecule has 0 heterocycles. The van der Waals surface area contributed by atoms with Crippen LogP contribution in [0.2, 0.25) is 12.1 Å². The summed E-state index contributed by atoms with van der Waals surface area (Å²) in [6, 6.07) is 8.63. The zero-order valence-electron chi connectivity index (χ0n) is 10.8. The van der Waals surface area contributed by atoms with Gasteiger partial charge in [0.1, 0.15) is 5.82 Å². The number of hydrogen-bond acceptors (Lipinski definition) is 2. The first-order chi connectivity index (χ1) is 8.15. The molecule has 0 spiro atoms. The average molecular weight is 256 g/mol. The highest BCUT2D eigenvalue weighted by Gasteiger charge is 2.32. The molecule has 0 atom stereocenters. The van der Waals surface area contributed by atoms with E-state index in [0.29, 0.717) is 0 Å². The number of rotatable bonds is 7. The van der Waals surface area contributed by atoms with Crippen LogP contribution in [0.1, 0.15) is 18.9 Å². The SMILES string of the molecule is CC[Si](CCCc1ccc(F)cc1)(OC)OC. The molecule has 2 nitrogen and oxygen atoms in total. The molecule has 0 fully saturated rings. The lowest BCUT2D eigenvalue weighted by Gasteiger charge is -2.25. The summed E-state index contributed by atoms with van der Waals surface area (Å²) in [5.41, 5.74) is 1.16. The summed E-state index contributed by atoms with van der Waals surface area (Å²) in [5, 5.41) is 0. The summed E-state index contributed by atoms with van der Waals surface area (Å²) in [7, 11) is 1.51. The minimum Gasteiger partial charge on any atom is -0.398 e. The van der Waals surface area contributed by atoms with Crippen LogP contribution in [0.4, 0.5) is 4.39 Å². The van der Waals surface area contributed by atoms with Crippen molar-refractivity contribution in [2.45, 2.75) is 31.9 Å². The molecule has 0 aliphatic carbocycles. The molecule has 0 N–H and O–H groups in total. The molecular formula is C13H21FO2Si. The molecule has 1 rings (SSSR count). The molecule has 0 saturated carbocycles. The molecule has 0 aliphatic rings. The van der Waals surface area contributed by atoms with Gasteiger partial charge in [-0.3, -0.25) is 0 Å². The van der Waals surface area contributed by atoms with Crippen molar-refractivity contribution >= 4 is 8.56 Å². The van der Waals surface area contributed by atoms with Gasteiger partial charge >= 0.3 is 8.56 Å². The van der Waals surface area contributed by atoms with Crippen molar-refractivity contribution in [3.05, 3.63) is 35.6 Å². The van der Waals surface area contributed by atoms with Gasteiger partial charge in [-0.1, -0.05) is 19.1 Å². The molecule has 17 heavy (non-hydrogen) atoms. The molecule has 0 amide bonds. The van der Waals surface area contributed by atoms with Crippen LogP contribution in [-0.4, -0.2) is 22.8 Å². The van der Waals surface area contributed by atoms with Gasteiger partial charge in [-0.15, -0.1) is 0 Å². The third-order valence-electron chi connectivity index (χ3n) is 3.22. The summed E-state index contributed by atoms with van der Waals surface area (Å²) in [6.07, 6.45) is 1.97. The van der Waals surface area contributed by atoms with Crippen LogP contribution in [0.5, 0.6) is 0 Å². The van der Waals surface area contributed by atoms with Gasteiger partial charge in [0, 0.05) is 14.2 Å². The van der Waals surface area contributed by atoms with E-state index in [1.807, 2.05) is 12.1 Å². The lowest BCUT2D eigenvalue weighted by molar-refractivity contribution is 0.242. The standard InChI is InChI=1S/C13H21FO2Si/c1-4-17(15-2,16-3)11-5-6-12-7-9-13(14)10-8-12/h7-10H,4-6,11H2,1-3H3. The van der Waals surface area contributed by atoms with Gasteiger partial charge in [0.05, 0.1) is 0 Å². The second kappa shape index (κ2) is 6.89. The number of benzene rings is 1. The Balaban J connectivity index is 2.43. The maximum absolute atomic E-state index is 12.7. The molecule has 4 heteroatoms. The molecule has 96 valence electrons. The monoisotopic (exact) mass is 256 g/mol. The number of aryl methyl sites for hydroxylation is 1. The van der Waals surface area contributed by atoms with Crippen LogP contribution in [0.3, 0.4) is 0 Å². The lowest BCUT2D eigenvalue weighted by Crippen LogP contribution is -2.39. The van der Waals surface area contributed by atoms with Gasteiger partial charge in [-0.05, 0) is 42.6 Å². The number of hydrogen-bond donors (Lipinski definition) is 0. The predicted octanol–water partition coefficient (Wildman–Crippen LogP) is 3.51. The van der Waals surface area contributed by atoms with E-state index in [0.717, 1.165) is 30.5 Å². The van der Waals surface area contributed by atoms with Crippen molar-refractivity contribution in [3.63, 3.8) is 0 Å². The molecular weight excluding hydrogens is 235 g/mol. The van der Waals surface area contributed by atoms with Gasteiger partial charge in [0.15, 0.2) is 0 Å². The zero-order chi connectivity index (χ0) is 12.7. The summed E-state index contributed by atoms with van der Waals surface area (Å²) < 4.78 is 23.8. The smallest absolute Gasteiger partial charge is 0.337 e. The van der Waals surface area contributed by atoms with Gasteiger partial charge < -0.3 is 8.85 Å². The highest BCUT2D eigenvalue weighted by Crippen LogP contribution is 2.20. The van der Waals surface area contributed by atoms with E-state index in [2.05, 4.69) is 6.92 Å². The van der Waals surface area contributed by atoms with E-state index < -0.39 is 8.56 Å². The minimum absolute atomic E-state index is 0.181. The highest BCUT2D eigenvalue weighted by atomic mass is 28.4. The largest absolute Gasteiger partial charge is 0.398 e. The Morgan fingerprint density at radius 1 is 1.12 bits per heavy atom. The van der Waals surface area contributed by atoms with Crippen molar-refractivity contribution in [1.82, 2.24) is 0 Å². The van der Waals surface area contributed by atoms with E-state index in [1.165, 1.54) is 12.1 Å². The molecule has 0 aliphatic heterocycles. The normalized spacial score (nSPS) is 11.8. The summed E-state index contributed by atoms with van der Waals surface area (Å²) in [5.74, 6) is -0.181. The fraction of sp³-hybridized carbons (Fsp3) is 0.538. The Morgan fingerprint density at radius 2 is 1.71 bits per heavy atom. The Hall–Kier alpha value is -0.713. The molecule has 1 aromatic rings. The van der Waals surface area contributed by atoms with Gasteiger partial charge in [0.25, 0.3) is 0 Å². The van der Waals surface area contributed by atoms with Crippen molar-refractivity contribution in [1.29, 1.82) is 0 Å². The highest BCUT2D eigenvalue weighted by molar-refractivity contribution is 6.67. The molecule has 0 radical (unpaired) electrons. The third-order valence-corrected chi connectivity index (χ3v) is 6.90. The first-order valence-electron chi connectivity index (χ1n) is 6.00. The zero-order valence-corrected chi connectivity index (χ0v) is 11.8. The van der Waals surface area contributed by atoms with Crippen molar-refractivity contribution in [2.24, 2.45) is 0 Å². The third kappa shape index (κ3) is 4.22. The molecule has 0 unspecified atom stereocenters. The Kier molecular flexibility index (Phi) is 5.81. The summed E-state index contributed by atoms with van der Waals surface area (Å²) in [6.45, 7) is 2.11. The van der Waals surface area contributed by atoms with Crippen LogP contribution in [0.15, 0.2) is 24.3 Å². The Labute approximate surface area is 104 Å². The van der Waals surface area contributed by atoms with Crippen LogP contribution >= 0.6 is 0 Å². The van der Waals surface area contributed by atoms with Crippen molar-refractivity contribution < 1.29 is 13.2 Å². The minimum atomic E-state index is -1.96. The van der Waals surface area contributed by atoms with E-state index in [4.69, 9.17) is 8.85 Å². The maximum Gasteiger partial charge on any atom is 0.337 e. The Morgan fingerprint density at radius 3 is 2.18 bits per heavy atom. The van der Waals surface area contributed by atoms with Gasteiger partial charge in [0.2, 0.25) is 0 Å². The topological polar surface area (TPSA) is 18.5 Å². The Bertz CT molecular complexity index is 314. The van der Waals surface area contributed by atoms with Gasteiger partial charge in [-0.25, -0.2) is 4.39 Å². The number of halogens is 1. The van der Waals surface area contributed by atoms with Crippen LogP contribution < -0.4 is 0 Å². The average Bonchev–Trinajstić information content (AvgIpc) is 2.38. The molecule has 0 bridgehead atoms.